The summed E-state index contributed by atoms with van der Waals surface area (Å²) < 4.78 is 27.8. The maximum Gasteiger partial charge on any atom is 0.163 e. The first-order chi connectivity index (χ1) is 9.15. The highest BCUT2D eigenvalue weighted by molar-refractivity contribution is 5.27. The summed E-state index contributed by atoms with van der Waals surface area (Å²) in [5.41, 5.74) is 1.02. The summed E-state index contributed by atoms with van der Waals surface area (Å²) >= 11 is 0. The van der Waals surface area contributed by atoms with Crippen molar-refractivity contribution in [1.29, 1.82) is 0 Å². The number of nitrogens with one attached hydrogen (secondary N) is 1. The minimum Gasteiger partial charge on any atom is -0.313 e. The number of benzene rings is 1. The lowest BCUT2D eigenvalue weighted by molar-refractivity contribution is 0.277. The van der Waals surface area contributed by atoms with Crippen LogP contribution in [0.2, 0.25) is 0 Å². The van der Waals surface area contributed by atoms with Crippen LogP contribution in [0.3, 0.4) is 0 Å². The number of rotatable bonds is 5. The molecule has 1 aromatic carbocycles. The Morgan fingerprint density at radius 2 is 1.75 bits per heavy atom. The van der Waals surface area contributed by atoms with E-state index in [-0.39, 0.29) is 11.5 Å². The van der Waals surface area contributed by atoms with Gasteiger partial charge in [-0.2, -0.15) is 0 Å². The Morgan fingerprint density at radius 1 is 1.15 bits per heavy atom. The molecule has 1 nitrogen and oxygen atoms in total. The number of aryl methyl sites for hydroxylation is 1. The molecule has 0 saturated heterocycles. The second kappa shape index (κ2) is 6.66. The van der Waals surface area contributed by atoms with Gasteiger partial charge in [-0.05, 0) is 43.7 Å². The van der Waals surface area contributed by atoms with E-state index in [1.54, 1.807) is 26.1 Å². The summed E-state index contributed by atoms with van der Waals surface area (Å²) in [5.74, 6) is -1.00. The van der Waals surface area contributed by atoms with Gasteiger partial charge in [-0.25, -0.2) is 8.78 Å². The van der Waals surface area contributed by atoms with E-state index in [1.807, 2.05) is 0 Å². The van der Waals surface area contributed by atoms with Crippen LogP contribution in [-0.4, -0.2) is 7.05 Å². The summed E-state index contributed by atoms with van der Waals surface area (Å²) in [5, 5.41) is 3.12. The summed E-state index contributed by atoms with van der Waals surface area (Å²) in [4.78, 5) is 0. The van der Waals surface area contributed by atoms with Crippen LogP contribution in [0.25, 0.3) is 0 Å². The molecule has 0 saturated carbocycles. The van der Waals surface area contributed by atoms with Crippen molar-refractivity contribution in [2.24, 2.45) is 11.3 Å². The van der Waals surface area contributed by atoms with E-state index >= 15 is 0 Å². The molecule has 1 rings (SSSR count). The fourth-order valence-corrected chi connectivity index (χ4v) is 2.86. The first-order valence-electron chi connectivity index (χ1n) is 7.27. The third-order valence-electron chi connectivity index (χ3n) is 3.63. The van der Waals surface area contributed by atoms with E-state index in [4.69, 9.17) is 0 Å². The van der Waals surface area contributed by atoms with E-state index in [9.17, 15) is 8.78 Å². The van der Waals surface area contributed by atoms with Crippen molar-refractivity contribution in [2.75, 3.05) is 7.05 Å². The monoisotopic (exact) mass is 283 g/mol. The van der Waals surface area contributed by atoms with Gasteiger partial charge in [0.25, 0.3) is 0 Å². The third kappa shape index (κ3) is 4.55. The van der Waals surface area contributed by atoms with Crippen molar-refractivity contribution >= 4 is 0 Å². The van der Waals surface area contributed by atoms with Crippen LogP contribution in [0.1, 0.15) is 57.7 Å². The fourth-order valence-electron chi connectivity index (χ4n) is 2.86. The van der Waals surface area contributed by atoms with Gasteiger partial charge in [0.1, 0.15) is 0 Å². The topological polar surface area (TPSA) is 12.0 Å². The van der Waals surface area contributed by atoms with Gasteiger partial charge in [0.2, 0.25) is 0 Å². The highest BCUT2D eigenvalue weighted by atomic mass is 19.2. The largest absolute Gasteiger partial charge is 0.313 e. The maximum atomic E-state index is 14.1. The van der Waals surface area contributed by atoms with E-state index in [2.05, 4.69) is 33.0 Å². The predicted octanol–water partition coefficient (Wildman–Crippen LogP) is 5.00. The molecule has 0 bridgehead atoms. The first-order valence-corrected chi connectivity index (χ1v) is 7.27. The lowest BCUT2D eigenvalue weighted by atomic mass is 9.82. The van der Waals surface area contributed by atoms with Crippen molar-refractivity contribution in [1.82, 2.24) is 5.32 Å². The Balaban J connectivity index is 2.89. The first kappa shape index (κ1) is 17.1. The molecule has 0 amide bonds. The fraction of sp³-hybridized carbons (Fsp3) is 0.647. The van der Waals surface area contributed by atoms with Gasteiger partial charge in [0, 0.05) is 11.6 Å². The smallest absolute Gasteiger partial charge is 0.163 e. The summed E-state index contributed by atoms with van der Waals surface area (Å²) in [6, 6.07) is 3.19. The molecule has 0 heterocycles. The molecule has 3 heteroatoms. The predicted molar refractivity (Wildman–Crippen MR) is 80.7 cm³/mol. The standard InChI is InChI=1S/C17H27F2N/c1-11(10-17(3,4)5)9-14(20-6)13-8-7-12(2)15(18)16(13)19/h7-8,11,14,20H,9-10H2,1-6H3. The van der Waals surface area contributed by atoms with Crippen LogP contribution >= 0.6 is 0 Å². The molecule has 0 fully saturated rings. The molecule has 0 aliphatic carbocycles. The maximum absolute atomic E-state index is 14.1. The van der Waals surface area contributed by atoms with Crippen LogP contribution in [0.4, 0.5) is 8.78 Å². The van der Waals surface area contributed by atoms with Gasteiger partial charge in [0.15, 0.2) is 11.6 Å². The van der Waals surface area contributed by atoms with Crippen LogP contribution in [-0.2, 0) is 0 Å². The van der Waals surface area contributed by atoms with Crippen molar-refractivity contribution < 1.29 is 8.78 Å². The number of hydrogen-bond acceptors (Lipinski definition) is 1. The molecule has 0 aromatic heterocycles. The van der Waals surface area contributed by atoms with E-state index in [1.165, 1.54) is 0 Å². The summed E-state index contributed by atoms with van der Waals surface area (Å²) in [7, 11) is 1.80. The van der Waals surface area contributed by atoms with Crippen molar-refractivity contribution in [3.63, 3.8) is 0 Å². The molecule has 114 valence electrons. The molecular formula is C17H27F2N. The highest BCUT2D eigenvalue weighted by Gasteiger charge is 2.22. The van der Waals surface area contributed by atoms with Gasteiger partial charge in [0.05, 0.1) is 0 Å². The Morgan fingerprint density at radius 3 is 2.25 bits per heavy atom. The van der Waals surface area contributed by atoms with E-state index < -0.39 is 11.6 Å². The van der Waals surface area contributed by atoms with Crippen molar-refractivity contribution in [3.05, 3.63) is 34.9 Å². The SMILES string of the molecule is CNC(CC(C)CC(C)(C)C)c1ccc(C)c(F)c1F. The van der Waals surface area contributed by atoms with Crippen molar-refractivity contribution in [2.45, 2.75) is 53.5 Å². The quantitative estimate of drug-likeness (QED) is 0.802. The lowest BCUT2D eigenvalue weighted by Gasteiger charge is -2.27. The molecule has 0 aliphatic heterocycles. The zero-order valence-electron chi connectivity index (χ0n) is 13.5. The normalized spacial score (nSPS) is 15.2. The van der Waals surface area contributed by atoms with Gasteiger partial charge in [-0.1, -0.05) is 39.8 Å². The Bertz CT molecular complexity index is 449. The summed E-state index contributed by atoms with van der Waals surface area (Å²) in [6.45, 7) is 10.3. The molecule has 0 spiro atoms. The average molecular weight is 283 g/mol. The van der Waals surface area contributed by atoms with Crippen LogP contribution < -0.4 is 5.32 Å². The minimum absolute atomic E-state index is 0.151. The molecule has 0 aliphatic rings. The molecule has 2 atom stereocenters. The molecule has 0 radical (unpaired) electrons. The zero-order valence-corrected chi connectivity index (χ0v) is 13.5. The van der Waals surface area contributed by atoms with Gasteiger partial charge in [-0.15, -0.1) is 0 Å². The van der Waals surface area contributed by atoms with Gasteiger partial charge in [-0.3, -0.25) is 0 Å². The van der Waals surface area contributed by atoms with Crippen LogP contribution in [0.5, 0.6) is 0 Å². The Kier molecular flexibility index (Phi) is 5.69. The average Bonchev–Trinajstić information content (AvgIpc) is 2.32. The molecule has 2 unspecified atom stereocenters. The van der Waals surface area contributed by atoms with E-state index in [0.29, 0.717) is 17.0 Å². The Labute approximate surface area is 121 Å². The molecular weight excluding hydrogens is 256 g/mol. The van der Waals surface area contributed by atoms with Crippen LogP contribution in [0.15, 0.2) is 12.1 Å². The summed E-state index contributed by atoms with van der Waals surface area (Å²) in [6.07, 6.45) is 1.86. The second-order valence-corrected chi connectivity index (χ2v) is 7.05. The highest BCUT2D eigenvalue weighted by Crippen LogP contribution is 2.32. The Hall–Kier alpha value is -0.960. The third-order valence-corrected chi connectivity index (χ3v) is 3.63. The minimum atomic E-state index is -0.730. The van der Waals surface area contributed by atoms with Crippen molar-refractivity contribution in [3.8, 4) is 0 Å². The van der Waals surface area contributed by atoms with Crippen LogP contribution in [0, 0.1) is 29.9 Å². The molecule has 20 heavy (non-hydrogen) atoms. The zero-order chi connectivity index (χ0) is 15.5. The number of hydrogen-bond donors (Lipinski definition) is 1. The number of halogens is 2. The molecule has 1 aromatic rings. The van der Waals surface area contributed by atoms with Gasteiger partial charge >= 0.3 is 0 Å². The molecule has 1 N–H and O–H groups in total. The van der Waals surface area contributed by atoms with E-state index in [0.717, 1.165) is 12.8 Å². The van der Waals surface area contributed by atoms with Gasteiger partial charge < -0.3 is 5.32 Å². The second-order valence-electron chi connectivity index (χ2n) is 7.05. The lowest BCUT2D eigenvalue weighted by Crippen LogP contribution is -2.22.